The van der Waals surface area contributed by atoms with Crippen LogP contribution in [0.25, 0.3) is 10.9 Å². The zero-order chi connectivity index (χ0) is 20.2. The molecule has 4 rings (SSSR count). The minimum atomic E-state index is -0.377. The van der Waals surface area contributed by atoms with E-state index in [1.807, 2.05) is 30.3 Å². The summed E-state index contributed by atoms with van der Waals surface area (Å²) in [5.74, 6) is 0.0970. The molecule has 1 aromatic heterocycles. The highest BCUT2D eigenvalue weighted by Crippen LogP contribution is 2.26. The highest BCUT2D eigenvalue weighted by Gasteiger charge is 2.34. The van der Waals surface area contributed by atoms with Crippen LogP contribution in [-0.2, 0) is 9.59 Å². The molecule has 0 spiro atoms. The summed E-state index contributed by atoms with van der Waals surface area (Å²) in [7, 11) is 0. The molecular formula is C22H20ClN3O3. The Bertz CT molecular complexity index is 1030. The van der Waals surface area contributed by atoms with Crippen molar-refractivity contribution in [2.75, 3.05) is 24.6 Å². The average molecular weight is 410 g/mol. The number of fused-ring (bicyclic) bond motifs is 1. The number of rotatable bonds is 6. The molecule has 1 unspecified atom stereocenters. The van der Waals surface area contributed by atoms with Gasteiger partial charge < -0.3 is 15.0 Å². The van der Waals surface area contributed by atoms with Crippen LogP contribution in [0.4, 0.5) is 5.69 Å². The third kappa shape index (κ3) is 4.32. The Morgan fingerprint density at radius 1 is 1.17 bits per heavy atom. The summed E-state index contributed by atoms with van der Waals surface area (Å²) in [6.07, 6.45) is 1.92. The van der Waals surface area contributed by atoms with Crippen molar-refractivity contribution >= 4 is 40.0 Å². The number of halogens is 1. The highest BCUT2D eigenvalue weighted by molar-refractivity contribution is 6.30. The molecule has 29 heavy (non-hydrogen) atoms. The number of hydrogen-bond acceptors (Lipinski definition) is 4. The number of carbonyl (C=O) groups excluding carboxylic acids is 2. The molecule has 1 saturated heterocycles. The molecule has 2 amide bonds. The fraction of sp³-hybridized carbons (Fsp3) is 0.227. The fourth-order valence-electron chi connectivity index (χ4n) is 3.43. The molecule has 0 radical (unpaired) electrons. The second-order valence-electron chi connectivity index (χ2n) is 6.85. The van der Waals surface area contributed by atoms with Crippen molar-refractivity contribution in [3.05, 3.63) is 65.8 Å². The second-order valence-corrected chi connectivity index (χ2v) is 7.29. The van der Waals surface area contributed by atoms with Crippen molar-refractivity contribution in [3.63, 3.8) is 0 Å². The molecular weight excluding hydrogens is 390 g/mol. The first-order valence-corrected chi connectivity index (χ1v) is 9.80. The first-order chi connectivity index (χ1) is 14.1. The molecule has 0 aliphatic carbocycles. The van der Waals surface area contributed by atoms with E-state index in [4.69, 9.17) is 16.3 Å². The largest absolute Gasteiger partial charge is 0.489 e. The summed E-state index contributed by atoms with van der Waals surface area (Å²) in [6.45, 7) is 1.04. The fourth-order valence-corrected chi connectivity index (χ4v) is 3.55. The van der Waals surface area contributed by atoms with Gasteiger partial charge in [-0.2, -0.15) is 0 Å². The summed E-state index contributed by atoms with van der Waals surface area (Å²) in [5, 5.41) is 4.47. The lowest BCUT2D eigenvalue weighted by atomic mass is 10.1. The van der Waals surface area contributed by atoms with E-state index in [2.05, 4.69) is 10.3 Å². The van der Waals surface area contributed by atoms with Crippen LogP contribution in [0.5, 0.6) is 5.75 Å². The summed E-state index contributed by atoms with van der Waals surface area (Å²) < 4.78 is 5.79. The number of hydrogen-bond donors (Lipinski definition) is 1. The van der Waals surface area contributed by atoms with Gasteiger partial charge in [0.15, 0.2) is 0 Å². The quantitative estimate of drug-likeness (QED) is 0.633. The molecule has 148 valence electrons. The highest BCUT2D eigenvalue weighted by atomic mass is 35.5. The predicted molar refractivity (Wildman–Crippen MR) is 112 cm³/mol. The van der Waals surface area contributed by atoms with Gasteiger partial charge >= 0.3 is 0 Å². The van der Waals surface area contributed by atoms with E-state index in [1.54, 1.807) is 35.4 Å². The Morgan fingerprint density at radius 2 is 1.97 bits per heavy atom. The lowest BCUT2D eigenvalue weighted by molar-refractivity contribution is -0.126. The maximum atomic E-state index is 12.5. The van der Waals surface area contributed by atoms with Crippen molar-refractivity contribution in [1.82, 2.24) is 10.3 Å². The predicted octanol–water partition coefficient (Wildman–Crippen LogP) is 3.44. The average Bonchev–Trinajstić information content (AvgIpc) is 3.13. The topological polar surface area (TPSA) is 71.5 Å². The normalized spacial score (nSPS) is 16.2. The summed E-state index contributed by atoms with van der Waals surface area (Å²) in [4.78, 5) is 30.7. The van der Waals surface area contributed by atoms with Gasteiger partial charge in [-0.15, -0.1) is 0 Å². The van der Waals surface area contributed by atoms with Crippen LogP contribution in [0.15, 0.2) is 60.8 Å². The number of anilines is 1. The number of nitrogens with zero attached hydrogens (tertiary/aromatic N) is 2. The van der Waals surface area contributed by atoms with Gasteiger partial charge in [-0.3, -0.25) is 14.6 Å². The van der Waals surface area contributed by atoms with Gasteiger partial charge in [-0.1, -0.05) is 29.8 Å². The van der Waals surface area contributed by atoms with Crippen molar-refractivity contribution < 1.29 is 14.3 Å². The first kappa shape index (κ1) is 19.2. The number of benzene rings is 2. The Hall–Kier alpha value is -3.12. The standard InChI is InChI=1S/C22H20ClN3O3/c23-17-6-8-18(9-7-17)26-14-16(13-20(26)27)22(28)25-11-12-29-19-5-1-3-15-4-2-10-24-21(15)19/h1-10,16H,11-14H2,(H,25,28). The SMILES string of the molecule is O=C(NCCOc1cccc2cccnc12)C1CC(=O)N(c2ccc(Cl)cc2)C1. The maximum absolute atomic E-state index is 12.5. The third-order valence-corrected chi connectivity index (χ3v) is 5.14. The van der Waals surface area contributed by atoms with Crippen molar-refractivity contribution in [2.24, 2.45) is 5.92 Å². The molecule has 1 atom stereocenters. The Labute approximate surface area is 173 Å². The number of nitrogens with one attached hydrogen (secondary N) is 1. The molecule has 1 N–H and O–H groups in total. The van der Waals surface area contributed by atoms with Crippen LogP contribution in [-0.4, -0.2) is 36.5 Å². The van der Waals surface area contributed by atoms with Gasteiger partial charge in [-0.25, -0.2) is 0 Å². The van der Waals surface area contributed by atoms with E-state index in [0.717, 1.165) is 16.6 Å². The van der Waals surface area contributed by atoms with Crippen molar-refractivity contribution in [1.29, 1.82) is 0 Å². The number of carbonyl (C=O) groups is 2. The molecule has 2 heterocycles. The van der Waals surface area contributed by atoms with Gasteiger partial charge in [-0.05, 0) is 36.4 Å². The maximum Gasteiger partial charge on any atom is 0.227 e. The molecule has 6 nitrogen and oxygen atoms in total. The van der Waals surface area contributed by atoms with Gasteiger partial charge in [0, 0.05) is 35.3 Å². The van der Waals surface area contributed by atoms with Crippen LogP contribution in [0, 0.1) is 5.92 Å². The van der Waals surface area contributed by atoms with E-state index in [-0.39, 0.29) is 24.2 Å². The van der Waals surface area contributed by atoms with Crippen molar-refractivity contribution in [2.45, 2.75) is 6.42 Å². The first-order valence-electron chi connectivity index (χ1n) is 9.42. The number of para-hydroxylation sites is 1. The summed E-state index contributed by atoms with van der Waals surface area (Å²) in [5.41, 5.74) is 1.54. The number of aromatic nitrogens is 1. The lowest BCUT2D eigenvalue weighted by Gasteiger charge is -2.17. The zero-order valence-electron chi connectivity index (χ0n) is 15.7. The second kappa shape index (κ2) is 8.49. The van der Waals surface area contributed by atoms with Gasteiger partial charge in [0.05, 0.1) is 12.5 Å². The van der Waals surface area contributed by atoms with E-state index in [1.165, 1.54) is 0 Å². The van der Waals surface area contributed by atoms with E-state index >= 15 is 0 Å². The van der Waals surface area contributed by atoms with E-state index in [0.29, 0.717) is 30.5 Å². The Morgan fingerprint density at radius 3 is 2.79 bits per heavy atom. The number of ether oxygens (including phenoxy) is 1. The minimum Gasteiger partial charge on any atom is -0.489 e. The van der Waals surface area contributed by atoms with Crippen LogP contribution in [0.3, 0.4) is 0 Å². The van der Waals surface area contributed by atoms with Crippen molar-refractivity contribution in [3.8, 4) is 5.75 Å². The van der Waals surface area contributed by atoms with Crippen LogP contribution in [0.2, 0.25) is 5.02 Å². The monoisotopic (exact) mass is 409 g/mol. The molecule has 1 aliphatic heterocycles. The van der Waals surface area contributed by atoms with E-state index < -0.39 is 0 Å². The zero-order valence-corrected chi connectivity index (χ0v) is 16.4. The number of amides is 2. The molecule has 0 bridgehead atoms. The summed E-state index contributed by atoms with van der Waals surface area (Å²) >= 11 is 5.90. The third-order valence-electron chi connectivity index (χ3n) is 4.89. The molecule has 2 aromatic carbocycles. The van der Waals surface area contributed by atoms with Gasteiger partial charge in [0.2, 0.25) is 11.8 Å². The van der Waals surface area contributed by atoms with Crippen LogP contribution < -0.4 is 15.0 Å². The van der Waals surface area contributed by atoms with Gasteiger partial charge in [0.1, 0.15) is 17.9 Å². The molecule has 0 saturated carbocycles. The van der Waals surface area contributed by atoms with Crippen LogP contribution in [0.1, 0.15) is 6.42 Å². The smallest absolute Gasteiger partial charge is 0.227 e. The molecule has 3 aromatic rings. The molecule has 1 aliphatic rings. The molecule has 1 fully saturated rings. The Kier molecular flexibility index (Phi) is 5.62. The van der Waals surface area contributed by atoms with Gasteiger partial charge in [0.25, 0.3) is 0 Å². The van der Waals surface area contributed by atoms with E-state index in [9.17, 15) is 9.59 Å². The molecule has 7 heteroatoms. The number of pyridine rings is 1. The summed E-state index contributed by atoms with van der Waals surface area (Å²) in [6, 6.07) is 16.6. The lowest BCUT2D eigenvalue weighted by Crippen LogP contribution is -2.35. The Balaban J connectivity index is 1.29. The van der Waals surface area contributed by atoms with Crippen LogP contribution >= 0.6 is 11.6 Å². The minimum absolute atomic E-state index is 0.0643.